The Morgan fingerprint density at radius 1 is 0.915 bits per heavy atom. The van der Waals surface area contributed by atoms with Crippen LogP contribution in [0.25, 0.3) is 0 Å². The summed E-state index contributed by atoms with van der Waals surface area (Å²) in [6.07, 6.45) is 1.83. The SMILES string of the molecule is CCCCNC(=O)[C@H](Cc1ccccc1)N(Cc1ccc(Cl)cc1Cl)C(=O)CN(c1cccc(OC)c1)S(=O)(=O)c1ccc(C)cc1. The van der Waals surface area contributed by atoms with E-state index in [1.54, 1.807) is 54.6 Å². The van der Waals surface area contributed by atoms with E-state index in [-0.39, 0.29) is 29.5 Å². The summed E-state index contributed by atoms with van der Waals surface area (Å²) in [5.74, 6) is -0.530. The second-order valence-electron chi connectivity index (χ2n) is 11.1. The van der Waals surface area contributed by atoms with Crippen molar-refractivity contribution in [2.75, 3.05) is 24.5 Å². The first-order chi connectivity index (χ1) is 22.5. The lowest BCUT2D eigenvalue weighted by atomic mass is 10.0. The number of hydrogen-bond donors (Lipinski definition) is 1. The minimum Gasteiger partial charge on any atom is -0.497 e. The van der Waals surface area contributed by atoms with Crippen molar-refractivity contribution < 1.29 is 22.7 Å². The number of anilines is 1. The van der Waals surface area contributed by atoms with Gasteiger partial charge in [0.15, 0.2) is 0 Å². The molecule has 1 N–H and O–H groups in total. The fourth-order valence-electron chi connectivity index (χ4n) is 5.03. The highest BCUT2D eigenvalue weighted by atomic mass is 35.5. The van der Waals surface area contributed by atoms with Crippen LogP contribution in [0.3, 0.4) is 0 Å². The molecule has 47 heavy (non-hydrogen) atoms. The van der Waals surface area contributed by atoms with Crippen LogP contribution in [0.4, 0.5) is 5.69 Å². The number of aryl methyl sites for hydroxylation is 1. The predicted octanol–water partition coefficient (Wildman–Crippen LogP) is 7.06. The van der Waals surface area contributed by atoms with Gasteiger partial charge in [0.2, 0.25) is 11.8 Å². The van der Waals surface area contributed by atoms with Crippen LogP contribution in [0.2, 0.25) is 10.0 Å². The summed E-state index contributed by atoms with van der Waals surface area (Å²) in [5, 5.41) is 3.71. The third kappa shape index (κ3) is 9.50. The Balaban J connectivity index is 1.82. The van der Waals surface area contributed by atoms with Gasteiger partial charge in [-0.1, -0.05) is 96.7 Å². The molecule has 4 rings (SSSR count). The van der Waals surface area contributed by atoms with E-state index in [1.165, 1.54) is 24.1 Å². The molecule has 2 amide bonds. The van der Waals surface area contributed by atoms with Gasteiger partial charge in [0, 0.05) is 35.6 Å². The molecule has 0 bridgehead atoms. The van der Waals surface area contributed by atoms with E-state index in [0.717, 1.165) is 28.3 Å². The van der Waals surface area contributed by atoms with Gasteiger partial charge in [0.25, 0.3) is 10.0 Å². The summed E-state index contributed by atoms with van der Waals surface area (Å²) in [5.41, 5.74) is 2.50. The van der Waals surface area contributed by atoms with Crippen LogP contribution < -0.4 is 14.4 Å². The van der Waals surface area contributed by atoms with E-state index in [0.29, 0.717) is 27.9 Å². The van der Waals surface area contributed by atoms with E-state index in [1.807, 2.05) is 44.2 Å². The average Bonchev–Trinajstić information content (AvgIpc) is 3.06. The van der Waals surface area contributed by atoms with Crippen molar-refractivity contribution in [1.82, 2.24) is 10.2 Å². The number of halogens is 2. The zero-order valence-electron chi connectivity index (χ0n) is 26.7. The second-order valence-corrected chi connectivity index (χ2v) is 13.8. The Labute approximate surface area is 287 Å². The molecule has 0 fully saturated rings. The number of sulfonamides is 1. The van der Waals surface area contributed by atoms with Gasteiger partial charge in [-0.15, -0.1) is 0 Å². The Kier molecular flexibility index (Phi) is 12.7. The number of carbonyl (C=O) groups excluding carboxylic acids is 2. The van der Waals surface area contributed by atoms with E-state index in [9.17, 15) is 18.0 Å². The maximum atomic E-state index is 14.6. The summed E-state index contributed by atoms with van der Waals surface area (Å²) in [6.45, 7) is 3.65. The number of amides is 2. The molecule has 248 valence electrons. The van der Waals surface area contributed by atoms with Crippen LogP contribution in [0.5, 0.6) is 5.75 Å². The van der Waals surface area contributed by atoms with Gasteiger partial charge in [0.1, 0.15) is 18.3 Å². The standard InChI is InChI=1S/C36H39Cl2N3O5S/c1-4-5-20-39-36(43)34(21-27-10-7-6-8-11-27)40(24-28-16-17-29(37)22-33(28)38)35(42)25-41(30-12-9-13-31(23-30)46-3)47(44,45)32-18-14-26(2)15-19-32/h6-19,22-23,34H,4-5,20-21,24-25H2,1-3H3,(H,39,43)/t34-/m0/s1. The summed E-state index contributed by atoms with van der Waals surface area (Å²) < 4.78 is 34.9. The highest BCUT2D eigenvalue weighted by molar-refractivity contribution is 7.92. The zero-order valence-corrected chi connectivity index (χ0v) is 29.0. The van der Waals surface area contributed by atoms with Gasteiger partial charge in [-0.05, 0) is 60.9 Å². The fraction of sp³-hybridized carbons (Fsp3) is 0.278. The lowest BCUT2D eigenvalue weighted by molar-refractivity contribution is -0.140. The number of methoxy groups -OCH3 is 1. The molecule has 0 unspecified atom stereocenters. The molecule has 0 aliphatic rings. The molecule has 4 aromatic rings. The van der Waals surface area contributed by atoms with E-state index < -0.39 is 28.5 Å². The van der Waals surface area contributed by atoms with Crippen molar-refractivity contribution in [3.8, 4) is 5.75 Å². The molecular weight excluding hydrogens is 657 g/mol. The molecule has 11 heteroatoms. The number of nitrogens with one attached hydrogen (secondary N) is 1. The minimum absolute atomic E-state index is 0.0177. The largest absolute Gasteiger partial charge is 0.497 e. The number of rotatable bonds is 15. The third-order valence-corrected chi connectivity index (χ3v) is 10.1. The van der Waals surface area contributed by atoms with Crippen molar-refractivity contribution >= 4 is 50.7 Å². The Hall–Kier alpha value is -4.05. The van der Waals surface area contributed by atoms with Gasteiger partial charge >= 0.3 is 0 Å². The summed E-state index contributed by atoms with van der Waals surface area (Å²) in [6, 6.07) is 26.2. The number of ether oxygens (including phenoxy) is 1. The van der Waals surface area contributed by atoms with Crippen molar-refractivity contribution in [3.05, 3.63) is 124 Å². The van der Waals surface area contributed by atoms with Crippen LogP contribution in [0.1, 0.15) is 36.5 Å². The van der Waals surface area contributed by atoms with Gasteiger partial charge in [-0.2, -0.15) is 0 Å². The second kappa shape index (κ2) is 16.7. The van der Waals surface area contributed by atoms with Gasteiger partial charge in [0.05, 0.1) is 17.7 Å². The monoisotopic (exact) mass is 695 g/mol. The summed E-state index contributed by atoms with van der Waals surface area (Å²) in [4.78, 5) is 29.9. The molecule has 0 spiro atoms. The normalized spacial score (nSPS) is 11.9. The van der Waals surface area contributed by atoms with E-state index in [4.69, 9.17) is 27.9 Å². The highest BCUT2D eigenvalue weighted by Gasteiger charge is 2.35. The van der Waals surface area contributed by atoms with Crippen molar-refractivity contribution in [1.29, 1.82) is 0 Å². The van der Waals surface area contributed by atoms with Crippen LogP contribution in [-0.4, -0.2) is 51.4 Å². The maximum Gasteiger partial charge on any atom is 0.264 e. The number of nitrogens with zero attached hydrogens (tertiary/aromatic N) is 2. The lowest BCUT2D eigenvalue weighted by Gasteiger charge is -2.34. The summed E-state index contributed by atoms with van der Waals surface area (Å²) >= 11 is 12.8. The van der Waals surface area contributed by atoms with Gasteiger partial charge in [-0.3, -0.25) is 13.9 Å². The topological polar surface area (TPSA) is 96.0 Å². The zero-order chi connectivity index (χ0) is 34.0. The predicted molar refractivity (Wildman–Crippen MR) is 188 cm³/mol. The third-order valence-electron chi connectivity index (χ3n) is 7.69. The van der Waals surface area contributed by atoms with Crippen LogP contribution in [0.15, 0.2) is 102 Å². The van der Waals surface area contributed by atoms with Crippen LogP contribution in [0, 0.1) is 6.92 Å². The van der Waals surface area contributed by atoms with E-state index in [2.05, 4.69) is 5.32 Å². The molecule has 0 heterocycles. The molecule has 8 nitrogen and oxygen atoms in total. The lowest BCUT2D eigenvalue weighted by Crippen LogP contribution is -2.53. The Bertz CT molecular complexity index is 1770. The van der Waals surface area contributed by atoms with E-state index >= 15 is 0 Å². The summed E-state index contributed by atoms with van der Waals surface area (Å²) in [7, 11) is -2.77. The quantitative estimate of drug-likeness (QED) is 0.134. The average molecular weight is 697 g/mol. The molecule has 0 saturated heterocycles. The smallest absolute Gasteiger partial charge is 0.264 e. The minimum atomic E-state index is -4.25. The molecule has 0 saturated carbocycles. The number of carbonyl (C=O) groups is 2. The first kappa shape index (κ1) is 35.8. The van der Waals surface area contributed by atoms with Gasteiger partial charge < -0.3 is 15.0 Å². The molecule has 0 aromatic heterocycles. The molecule has 0 aliphatic carbocycles. The fourth-order valence-corrected chi connectivity index (χ4v) is 6.90. The molecule has 1 atom stereocenters. The van der Waals surface area contributed by atoms with Crippen molar-refractivity contribution in [2.45, 2.75) is 50.6 Å². The maximum absolute atomic E-state index is 14.6. The van der Waals surface area contributed by atoms with Crippen LogP contribution >= 0.6 is 23.2 Å². The van der Waals surface area contributed by atoms with Crippen molar-refractivity contribution in [3.63, 3.8) is 0 Å². The first-order valence-electron chi connectivity index (χ1n) is 15.3. The van der Waals surface area contributed by atoms with Crippen molar-refractivity contribution in [2.24, 2.45) is 0 Å². The molecule has 0 aliphatic heterocycles. The highest BCUT2D eigenvalue weighted by Crippen LogP contribution is 2.29. The molecule has 4 aromatic carbocycles. The number of hydrogen-bond acceptors (Lipinski definition) is 5. The molecular formula is C36H39Cl2N3O5S. The van der Waals surface area contributed by atoms with Crippen LogP contribution in [-0.2, 0) is 32.6 Å². The van der Waals surface area contributed by atoms with Gasteiger partial charge in [-0.25, -0.2) is 8.42 Å². The Morgan fingerprint density at radius 3 is 2.30 bits per heavy atom. The number of benzene rings is 4. The Morgan fingerprint density at radius 2 is 1.64 bits per heavy atom. The molecule has 0 radical (unpaired) electrons. The number of unbranched alkanes of at least 4 members (excludes halogenated alkanes) is 1. The first-order valence-corrected chi connectivity index (χ1v) is 17.5.